The lowest BCUT2D eigenvalue weighted by Gasteiger charge is -2.09. The van der Waals surface area contributed by atoms with E-state index in [-0.39, 0.29) is 0 Å². The summed E-state index contributed by atoms with van der Waals surface area (Å²) in [5, 5.41) is 2.52. The van der Waals surface area contributed by atoms with Crippen LogP contribution in [0.3, 0.4) is 0 Å². The van der Waals surface area contributed by atoms with Gasteiger partial charge in [-0.15, -0.1) is 0 Å². The highest BCUT2D eigenvalue weighted by Crippen LogP contribution is 2.35. The van der Waals surface area contributed by atoms with E-state index in [2.05, 4.69) is 44.2 Å². The fourth-order valence-electron chi connectivity index (χ4n) is 2.43. The Hall–Kier alpha value is -1.76. The Morgan fingerprint density at radius 2 is 1.76 bits per heavy atom. The Morgan fingerprint density at radius 3 is 2.59 bits per heavy atom. The van der Waals surface area contributed by atoms with Gasteiger partial charge in [0.05, 0.1) is 0 Å². The van der Waals surface area contributed by atoms with E-state index in [1.54, 1.807) is 0 Å². The van der Waals surface area contributed by atoms with E-state index in [1.165, 1.54) is 16.3 Å². The molecule has 1 aromatic heterocycles. The number of para-hydroxylation sites is 1. The van der Waals surface area contributed by atoms with Gasteiger partial charge in [-0.3, -0.25) is 0 Å². The summed E-state index contributed by atoms with van der Waals surface area (Å²) in [7, 11) is 0. The highest BCUT2D eigenvalue weighted by Gasteiger charge is 2.13. The van der Waals surface area contributed by atoms with Crippen LogP contribution in [0.2, 0.25) is 0 Å². The molecule has 1 atom stereocenters. The quantitative estimate of drug-likeness (QED) is 0.590. The van der Waals surface area contributed by atoms with Crippen molar-refractivity contribution in [1.29, 1.82) is 0 Å². The van der Waals surface area contributed by atoms with Crippen molar-refractivity contribution in [1.82, 2.24) is 0 Å². The molecule has 0 aliphatic heterocycles. The van der Waals surface area contributed by atoms with Gasteiger partial charge in [0.2, 0.25) is 0 Å². The predicted octanol–water partition coefficient (Wildman–Crippen LogP) is 5.10. The molecule has 3 aromatic rings. The molecule has 1 heterocycles. The minimum absolute atomic E-state index is 0.569. The van der Waals surface area contributed by atoms with Gasteiger partial charge in [-0.1, -0.05) is 44.2 Å². The molecule has 0 bridgehead atoms. The zero-order valence-electron chi connectivity index (χ0n) is 10.2. The molecule has 1 nitrogen and oxygen atoms in total. The molecule has 1 unspecified atom stereocenters. The molecule has 0 aliphatic rings. The van der Waals surface area contributed by atoms with Gasteiger partial charge in [-0.05, 0) is 30.0 Å². The third kappa shape index (κ3) is 1.54. The number of hydrogen-bond acceptors (Lipinski definition) is 1. The predicted molar refractivity (Wildman–Crippen MR) is 72.4 cm³/mol. The van der Waals surface area contributed by atoms with Crippen LogP contribution in [-0.2, 0) is 0 Å². The average molecular weight is 224 g/mol. The van der Waals surface area contributed by atoms with Gasteiger partial charge < -0.3 is 4.42 Å². The van der Waals surface area contributed by atoms with E-state index in [4.69, 9.17) is 4.42 Å². The number of furan rings is 1. The van der Waals surface area contributed by atoms with Gasteiger partial charge in [-0.2, -0.15) is 0 Å². The van der Waals surface area contributed by atoms with E-state index >= 15 is 0 Å². The topological polar surface area (TPSA) is 13.1 Å². The number of benzene rings is 2. The first-order valence-electron chi connectivity index (χ1n) is 6.21. The van der Waals surface area contributed by atoms with E-state index in [0.29, 0.717) is 5.92 Å². The first-order valence-corrected chi connectivity index (χ1v) is 6.21. The molecule has 0 fully saturated rings. The third-order valence-electron chi connectivity index (χ3n) is 3.58. The van der Waals surface area contributed by atoms with Crippen LogP contribution in [0.25, 0.3) is 21.9 Å². The molecule has 0 spiro atoms. The minimum Gasteiger partial charge on any atom is -0.456 e. The van der Waals surface area contributed by atoms with E-state index in [1.807, 2.05) is 12.1 Å². The monoisotopic (exact) mass is 224 g/mol. The van der Waals surface area contributed by atoms with Gasteiger partial charge in [0, 0.05) is 10.8 Å². The normalized spacial score (nSPS) is 13.3. The van der Waals surface area contributed by atoms with E-state index in [0.717, 1.165) is 17.6 Å². The Kier molecular flexibility index (Phi) is 2.40. The SMILES string of the molecule is CCC(C)c1cccc2oc3ccccc3c12. The smallest absolute Gasteiger partial charge is 0.135 e. The van der Waals surface area contributed by atoms with Crippen molar-refractivity contribution in [3.05, 3.63) is 48.0 Å². The molecule has 0 radical (unpaired) electrons. The molecule has 2 aromatic carbocycles. The first-order chi connectivity index (χ1) is 8.31. The van der Waals surface area contributed by atoms with Gasteiger partial charge in [-0.25, -0.2) is 0 Å². The van der Waals surface area contributed by atoms with Crippen molar-refractivity contribution in [3.8, 4) is 0 Å². The molecule has 3 rings (SSSR count). The van der Waals surface area contributed by atoms with Gasteiger partial charge in [0.25, 0.3) is 0 Å². The highest BCUT2D eigenvalue weighted by molar-refractivity contribution is 6.06. The van der Waals surface area contributed by atoms with Crippen LogP contribution in [0.4, 0.5) is 0 Å². The Morgan fingerprint density at radius 1 is 1.00 bits per heavy atom. The number of rotatable bonds is 2. The molecule has 0 amide bonds. The molecule has 17 heavy (non-hydrogen) atoms. The van der Waals surface area contributed by atoms with Crippen molar-refractivity contribution < 1.29 is 4.42 Å². The maximum absolute atomic E-state index is 5.89. The van der Waals surface area contributed by atoms with Gasteiger partial charge in [0.1, 0.15) is 11.2 Å². The lowest BCUT2D eigenvalue weighted by atomic mass is 9.94. The standard InChI is InChI=1S/C16H16O/c1-3-11(2)12-8-6-10-15-16(12)13-7-4-5-9-14(13)17-15/h4-11H,3H2,1-2H3. The van der Waals surface area contributed by atoms with Crippen LogP contribution < -0.4 is 0 Å². The lowest BCUT2D eigenvalue weighted by Crippen LogP contribution is -1.91. The van der Waals surface area contributed by atoms with E-state index < -0.39 is 0 Å². The molecule has 0 saturated heterocycles. The number of hydrogen-bond donors (Lipinski definition) is 0. The fourth-order valence-corrected chi connectivity index (χ4v) is 2.43. The van der Waals surface area contributed by atoms with E-state index in [9.17, 15) is 0 Å². The van der Waals surface area contributed by atoms with Crippen molar-refractivity contribution >= 4 is 21.9 Å². The van der Waals surface area contributed by atoms with Crippen LogP contribution in [0.5, 0.6) is 0 Å². The van der Waals surface area contributed by atoms with Gasteiger partial charge >= 0.3 is 0 Å². The lowest BCUT2D eigenvalue weighted by molar-refractivity contribution is 0.667. The summed E-state index contributed by atoms with van der Waals surface area (Å²) in [5.41, 5.74) is 3.39. The Bertz CT molecular complexity index is 663. The van der Waals surface area contributed by atoms with Crippen LogP contribution in [0.15, 0.2) is 46.9 Å². The van der Waals surface area contributed by atoms with Crippen molar-refractivity contribution in [2.24, 2.45) is 0 Å². The Labute approximate surface area is 101 Å². The maximum atomic E-state index is 5.89. The Balaban J connectivity index is 2.43. The molecular formula is C16H16O. The van der Waals surface area contributed by atoms with Crippen LogP contribution in [0, 0.1) is 0 Å². The second-order valence-electron chi connectivity index (χ2n) is 4.63. The second-order valence-corrected chi connectivity index (χ2v) is 4.63. The maximum Gasteiger partial charge on any atom is 0.135 e. The zero-order valence-corrected chi connectivity index (χ0v) is 10.2. The van der Waals surface area contributed by atoms with Crippen molar-refractivity contribution in [3.63, 3.8) is 0 Å². The fraction of sp³-hybridized carbons (Fsp3) is 0.250. The average Bonchev–Trinajstić information content (AvgIpc) is 2.76. The third-order valence-corrected chi connectivity index (χ3v) is 3.58. The van der Waals surface area contributed by atoms with Crippen molar-refractivity contribution in [2.75, 3.05) is 0 Å². The summed E-state index contributed by atoms with van der Waals surface area (Å²) in [6, 6.07) is 14.6. The molecule has 0 saturated carbocycles. The van der Waals surface area contributed by atoms with Crippen molar-refractivity contribution in [2.45, 2.75) is 26.2 Å². The van der Waals surface area contributed by atoms with Crippen LogP contribution >= 0.6 is 0 Å². The molecule has 0 N–H and O–H groups in total. The summed E-state index contributed by atoms with van der Waals surface area (Å²) in [6.07, 6.45) is 1.15. The highest BCUT2D eigenvalue weighted by atomic mass is 16.3. The summed E-state index contributed by atoms with van der Waals surface area (Å²) >= 11 is 0. The molecular weight excluding hydrogens is 208 g/mol. The molecule has 1 heteroatoms. The summed E-state index contributed by atoms with van der Waals surface area (Å²) < 4.78 is 5.89. The zero-order chi connectivity index (χ0) is 11.8. The summed E-state index contributed by atoms with van der Waals surface area (Å²) in [5.74, 6) is 0.569. The van der Waals surface area contributed by atoms with Gasteiger partial charge in [0.15, 0.2) is 0 Å². The van der Waals surface area contributed by atoms with Crippen LogP contribution in [0.1, 0.15) is 31.7 Å². The minimum atomic E-state index is 0.569. The number of fused-ring (bicyclic) bond motifs is 3. The molecule has 86 valence electrons. The summed E-state index contributed by atoms with van der Waals surface area (Å²) in [6.45, 7) is 4.50. The second kappa shape index (κ2) is 3.92. The van der Waals surface area contributed by atoms with Crippen LogP contribution in [-0.4, -0.2) is 0 Å². The first kappa shape index (κ1) is 10.4. The molecule has 0 aliphatic carbocycles. The largest absolute Gasteiger partial charge is 0.456 e. The summed E-state index contributed by atoms with van der Waals surface area (Å²) in [4.78, 5) is 0.